The molecule has 0 aromatic heterocycles. The molecule has 0 saturated heterocycles. The minimum Gasteiger partial charge on any atom is -0.547 e. The van der Waals surface area contributed by atoms with Crippen LogP contribution in [0.3, 0.4) is 0 Å². The van der Waals surface area contributed by atoms with Crippen LogP contribution in [0.2, 0.25) is 19.6 Å². The second-order valence-electron chi connectivity index (χ2n) is 5.43. The van der Waals surface area contributed by atoms with Gasteiger partial charge in [-0.15, -0.1) is 6.58 Å². The van der Waals surface area contributed by atoms with Crippen LogP contribution in [-0.4, -0.2) is 21.5 Å². The van der Waals surface area contributed by atoms with Crippen molar-refractivity contribution in [3.63, 3.8) is 0 Å². The highest BCUT2D eigenvalue weighted by Gasteiger charge is 2.34. The third kappa shape index (κ3) is 3.22. The molecular formula is C13H24O2Si. The van der Waals surface area contributed by atoms with Crippen molar-refractivity contribution in [1.29, 1.82) is 0 Å². The van der Waals surface area contributed by atoms with Gasteiger partial charge in [-0.25, -0.2) is 0 Å². The second-order valence-corrected chi connectivity index (χ2v) is 9.86. The van der Waals surface area contributed by atoms with Crippen molar-refractivity contribution < 1.29 is 9.16 Å². The molecule has 0 aromatic carbocycles. The average Bonchev–Trinajstić information content (AvgIpc) is 2.44. The van der Waals surface area contributed by atoms with Gasteiger partial charge in [-0.3, -0.25) is 0 Å². The van der Waals surface area contributed by atoms with E-state index < -0.39 is 8.32 Å². The third-order valence-corrected chi connectivity index (χ3v) is 3.84. The molecule has 0 fully saturated rings. The van der Waals surface area contributed by atoms with Gasteiger partial charge in [0.25, 0.3) is 0 Å². The van der Waals surface area contributed by atoms with E-state index in [1.807, 2.05) is 6.08 Å². The lowest BCUT2D eigenvalue weighted by Crippen LogP contribution is -2.25. The minimum atomic E-state index is -1.50. The molecule has 1 aliphatic carbocycles. The number of rotatable bonds is 5. The van der Waals surface area contributed by atoms with Crippen LogP contribution in [0.15, 0.2) is 24.0 Å². The maximum atomic E-state index is 6.12. The van der Waals surface area contributed by atoms with E-state index in [4.69, 9.17) is 9.16 Å². The quantitative estimate of drug-likeness (QED) is 0.538. The number of hydrogen-bond donors (Lipinski definition) is 0. The van der Waals surface area contributed by atoms with Gasteiger partial charge >= 0.3 is 0 Å². The van der Waals surface area contributed by atoms with E-state index in [1.54, 1.807) is 7.11 Å². The van der Waals surface area contributed by atoms with E-state index in [2.05, 4.69) is 33.1 Å². The fraction of sp³-hybridized carbons (Fsp3) is 0.692. The van der Waals surface area contributed by atoms with Crippen LogP contribution in [0.5, 0.6) is 0 Å². The Kier molecular flexibility index (Phi) is 4.39. The van der Waals surface area contributed by atoms with Gasteiger partial charge in [-0.2, -0.15) is 0 Å². The van der Waals surface area contributed by atoms with E-state index in [9.17, 15) is 0 Å². The molecule has 2 nitrogen and oxygen atoms in total. The van der Waals surface area contributed by atoms with Gasteiger partial charge in [-0.05, 0) is 38.6 Å². The Bertz CT molecular complexity index is 289. The summed E-state index contributed by atoms with van der Waals surface area (Å²) < 4.78 is 11.7. The Morgan fingerprint density at radius 3 is 2.50 bits per heavy atom. The maximum Gasteiger partial charge on any atom is 0.241 e. The van der Waals surface area contributed by atoms with E-state index in [-0.39, 0.29) is 6.10 Å². The van der Waals surface area contributed by atoms with Crippen LogP contribution < -0.4 is 0 Å². The van der Waals surface area contributed by atoms with Crippen molar-refractivity contribution >= 4 is 8.32 Å². The Hall–Kier alpha value is -0.543. The van der Waals surface area contributed by atoms with Gasteiger partial charge in [-0.1, -0.05) is 6.08 Å². The number of hydrogen-bond acceptors (Lipinski definition) is 2. The van der Waals surface area contributed by atoms with Crippen LogP contribution >= 0.6 is 0 Å². The zero-order valence-electron chi connectivity index (χ0n) is 11.2. The fourth-order valence-electron chi connectivity index (χ4n) is 2.22. The highest BCUT2D eigenvalue weighted by molar-refractivity contribution is 6.70. The van der Waals surface area contributed by atoms with Crippen molar-refractivity contribution in [2.24, 2.45) is 5.92 Å². The Morgan fingerprint density at radius 1 is 1.44 bits per heavy atom. The van der Waals surface area contributed by atoms with Crippen LogP contribution in [0.4, 0.5) is 0 Å². The number of ether oxygens (including phenoxy) is 1. The summed E-state index contributed by atoms with van der Waals surface area (Å²) in [5, 5.41) is 0. The van der Waals surface area contributed by atoms with E-state index in [1.165, 1.54) is 5.57 Å². The summed E-state index contributed by atoms with van der Waals surface area (Å²) in [6, 6.07) is 0. The van der Waals surface area contributed by atoms with Crippen molar-refractivity contribution in [3.05, 3.63) is 24.0 Å². The number of methoxy groups -OCH3 is 1. The zero-order valence-corrected chi connectivity index (χ0v) is 12.2. The first-order valence-electron chi connectivity index (χ1n) is 5.91. The summed E-state index contributed by atoms with van der Waals surface area (Å²) in [5.74, 6) is 1.62. The van der Waals surface area contributed by atoms with Gasteiger partial charge in [0.05, 0.1) is 11.9 Å². The first-order chi connectivity index (χ1) is 7.39. The van der Waals surface area contributed by atoms with Crippen LogP contribution in [0.25, 0.3) is 0 Å². The molecule has 0 amide bonds. The second kappa shape index (κ2) is 5.19. The molecule has 0 heterocycles. The van der Waals surface area contributed by atoms with Crippen LogP contribution in [-0.2, 0) is 9.16 Å². The summed E-state index contributed by atoms with van der Waals surface area (Å²) in [7, 11) is 0.285. The molecule has 0 radical (unpaired) electrons. The monoisotopic (exact) mass is 240 g/mol. The minimum absolute atomic E-state index is 0.268. The predicted octanol–water partition coefficient (Wildman–Crippen LogP) is 3.72. The van der Waals surface area contributed by atoms with Crippen LogP contribution in [0, 0.1) is 5.92 Å². The molecule has 0 spiro atoms. The highest BCUT2D eigenvalue weighted by atomic mass is 28.4. The summed E-state index contributed by atoms with van der Waals surface area (Å²) in [5.41, 5.74) is 1.36. The molecule has 0 bridgehead atoms. The summed E-state index contributed by atoms with van der Waals surface area (Å²) in [4.78, 5) is 0. The van der Waals surface area contributed by atoms with E-state index in [0.29, 0.717) is 5.92 Å². The van der Waals surface area contributed by atoms with E-state index in [0.717, 1.165) is 18.6 Å². The molecule has 0 unspecified atom stereocenters. The summed E-state index contributed by atoms with van der Waals surface area (Å²) >= 11 is 0. The molecule has 0 aliphatic heterocycles. The number of allylic oxidation sites excluding steroid dienone is 1. The lowest BCUT2D eigenvalue weighted by atomic mass is 9.96. The van der Waals surface area contributed by atoms with Crippen LogP contribution in [0.1, 0.15) is 19.8 Å². The van der Waals surface area contributed by atoms with Gasteiger partial charge in [0.2, 0.25) is 8.32 Å². The predicted molar refractivity (Wildman–Crippen MR) is 70.8 cm³/mol. The molecule has 0 N–H and O–H groups in total. The standard InChI is InChI=1S/C13H24O2Si/c1-7-8-11-10(2)12(9-13(11)14-3)15-16(4,5)6/h7,11,13H,1,8-9H2,2-6H3/t11-,13-/m0/s1. The third-order valence-electron chi connectivity index (χ3n) is 2.98. The molecule has 0 saturated carbocycles. The lowest BCUT2D eigenvalue weighted by molar-refractivity contribution is 0.0731. The molecule has 1 rings (SSSR count). The Labute approximate surface area is 100 Å². The van der Waals surface area contributed by atoms with E-state index >= 15 is 0 Å². The molecule has 0 aromatic rings. The van der Waals surface area contributed by atoms with Gasteiger partial charge in [0.1, 0.15) is 0 Å². The zero-order chi connectivity index (χ0) is 12.3. The molecule has 2 atom stereocenters. The Balaban J connectivity index is 2.81. The smallest absolute Gasteiger partial charge is 0.241 e. The summed E-state index contributed by atoms with van der Waals surface area (Å²) in [6.45, 7) is 12.6. The normalized spacial score (nSPS) is 26.1. The maximum absolute atomic E-state index is 6.12. The summed E-state index contributed by atoms with van der Waals surface area (Å²) in [6.07, 6.45) is 4.13. The van der Waals surface area contributed by atoms with Crippen molar-refractivity contribution in [2.75, 3.05) is 7.11 Å². The molecule has 92 valence electrons. The highest BCUT2D eigenvalue weighted by Crippen LogP contribution is 2.37. The lowest BCUT2D eigenvalue weighted by Gasteiger charge is -2.21. The fourth-order valence-corrected chi connectivity index (χ4v) is 3.20. The first-order valence-corrected chi connectivity index (χ1v) is 9.32. The van der Waals surface area contributed by atoms with Gasteiger partial charge < -0.3 is 9.16 Å². The molecular weight excluding hydrogens is 216 g/mol. The Morgan fingerprint density at radius 2 is 2.06 bits per heavy atom. The molecule has 16 heavy (non-hydrogen) atoms. The van der Waals surface area contributed by atoms with Gasteiger partial charge in [0, 0.05) is 19.4 Å². The largest absolute Gasteiger partial charge is 0.547 e. The van der Waals surface area contributed by atoms with Gasteiger partial charge in [0.15, 0.2) is 0 Å². The average molecular weight is 240 g/mol. The van der Waals surface area contributed by atoms with Crippen molar-refractivity contribution in [3.8, 4) is 0 Å². The van der Waals surface area contributed by atoms with Crippen molar-refractivity contribution in [2.45, 2.75) is 45.5 Å². The SMILES string of the molecule is C=CC[C@H]1C(C)=C(O[Si](C)(C)C)C[C@@H]1OC. The first kappa shape index (κ1) is 13.5. The molecule has 3 heteroatoms. The van der Waals surface area contributed by atoms with Crippen molar-refractivity contribution in [1.82, 2.24) is 0 Å². The molecule has 1 aliphatic rings. The topological polar surface area (TPSA) is 18.5 Å².